The van der Waals surface area contributed by atoms with Crippen molar-refractivity contribution in [3.8, 4) is 0 Å². The molecule has 6 nitrogen and oxygen atoms in total. The Balaban J connectivity index is 4.19. The van der Waals surface area contributed by atoms with Crippen molar-refractivity contribution >= 4 is 17.3 Å². The van der Waals surface area contributed by atoms with Gasteiger partial charge in [0.15, 0.2) is 35.2 Å². The van der Waals surface area contributed by atoms with E-state index in [1.165, 1.54) is 70.6 Å². The lowest BCUT2D eigenvalue weighted by atomic mass is 9.79. The van der Waals surface area contributed by atoms with Gasteiger partial charge >= 0.3 is 0 Å². The predicted octanol–water partition coefficient (Wildman–Crippen LogP) is 6.01. The molecule has 0 radical (unpaired) electrons. The zero-order chi connectivity index (χ0) is 26.5. The summed E-state index contributed by atoms with van der Waals surface area (Å²) in [5, 5.41) is 31.7. The fourth-order valence-electron chi connectivity index (χ4n) is 4.56. The number of rotatable bonds is 25. The van der Waals surface area contributed by atoms with Gasteiger partial charge in [-0.2, -0.15) is 0 Å². The van der Waals surface area contributed by atoms with Gasteiger partial charge in [0, 0.05) is 19.3 Å². The van der Waals surface area contributed by atoms with Crippen LogP contribution in [0.5, 0.6) is 0 Å². The average Bonchev–Trinajstić information content (AvgIpc) is 2.84. The Kier molecular flexibility index (Phi) is 20.4. The number of aliphatic hydroxyl groups is 3. The summed E-state index contributed by atoms with van der Waals surface area (Å²) in [6, 6.07) is 0. The Labute approximate surface area is 214 Å². The summed E-state index contributed by atoms with van der Waals surface area (Å²) in [5.74, 6) is -2.30. The molecule has 0 saturated carbocycles. The molecular weight excluding hydrogens is 444 g/mol. The molecule has 3 unspecified atom stereocenters. The molecule has 0 aliphatic carbocycles. The second kappa shape index (κ2) is 21.0. The third kappa shape index (κ3) is 13.7. The molecule has 0 aliphatic rings. The number of Topliss-reactive ketones (excluding diaryl/α,β-unsaturated/α-hetero) is 3. The zero-order valence-electron chi connectivity index (χ0n) is 22.9. The molecule has 206 valence electrons. The lowest BCUT2D eigenvalue weighted by Gasteiger charge is -2.34. The summed E-state index contributed by atoms with van der Waals surface area (Å²) < 4.78 is 0. The lowest BCUT2D eigenvalue weighted by molar-refractivity contribution is -0.181. The van der Waals surface area contributed by atoms with E-state index in [0.29, 0.717) is 19.3 Å². The third-order valence-electron chi connectivity index (χ3n) is 6.89. The second-order valence-electron chi connectivity index (χ2n) is 10.2. The highest BCUT2D eigenvalue weighted by molar-refractivity contribution is 6.01. The maximum atomic E-state index is 12.5. The van der Waals surface area contributed by atoms with Crippen LogP contribution in [0.2, 0.25) is 0 Å². The van der Waals surface area contributed by atoms with Crippen molar-refractivity contribution in [3.63, 3.8) is 0 Å². The molecule has 0 amide bonds. The normalized spacial score (nSPS) is 14.9. The fourth-order valence-corrected chi connectivity index (χ4v) is 4.56. The fraction of sp³-hybridized carbons (Fsp3) is 0.897. The van der Waals surface area contributed by atoms with Crippen LogP contribution in [0.4, 0.5) is 0 Å². The van der Waals surface area contributed by atoms with Crippen molar-refractivity contribution in [2.75, 3.05) is 0 Å². The van der Waals surface area contributed by atoms with E-state index in [2.05, 4.69) is 6.92 Å². The Hall–Kier alpha value is -1.11. The van der Waals surface area contributed by atoms with Crippen molar-refractivity contribution in [2.45, 2.75) is 167 Å². The van der Waals surface area contributed by atoms with Crippen molar-refractivity contribution in [1.82, 2.24) is 0 Å². The summed E-state index contributed by atoms with van der Waals surface area (Å²) in [7, 11) is 0. The molecule has 0 spiro atoms. The molecule has 0 aliphatic heterocycles. The second-order valence-corrected chi connectivity index (χ2v) is 10.2. The molecule has 0 aromatic carbocycles. The topological polar surface area (TPSA) is 112 Å². The minimum Gasteiger partial charge on any atom is -0.382 e. The summed E-state index contributed by atoms with van der Waals surface area (Å²) in [6.07, 6.45) is 14.4. The molecule has 35 heavy (non-hydrogen) atoms. The molecule has 0 fully saturated rings. The number of ketones is 3. The van der Waals surface area contributed by atoms with E-state index < -0.39 is 35.2 Å². The quantitative estimate of drug-likeness (QED) is 0.133. The number of hydrogen-bond acceptors (Lipinski definition) is 6. The Morgan fingerprint density at radius 1 is 0.514 bits per heavy atom. The van der Waals surface area contributed by atoms with Crippen LogP contribution in [0.15, 0.2) is 0 Å². The van der Waals surface area contributed by atoms with Crippen LogP contribution in [-0.4, -0.2) is 50.5 Å². The molecule has 0 bridgehead atoms. The molecule has 0 aromatic rings. The third-order valence-corrected chi connectivity index (χ3v) is 6.89. The van der Waals surface area contributed by atoms with Crippen LogP contribution < -0.4 is 0 Å². The summed E-state index contributed by atoms with van der Waals surface area (Å²) in [4.78, 5) is 37.2. The Bertz CT molecular complexity index is 576. The molecule has 0 rings (SSSR count). The van der Waals surface area contributed by atoms with Gasteiger partial charge in [-0.1, -0.05) is 111 Å². The molecule has 0 saturated heterocycles. The van der Waals surface area contributed by atoms with Gasteiger partial charge in [0.05, 0.1) is 0 Å². The Morgan fingerprint density at radius 2 is 0.857 bits per heavy atom. The van der Waals surface area contributed by atoms with Gasteiger partial charge in [-0.25, -0.2) is 0 Å². The minimum atomic E-state index is -2.77. The van der Waals surface area contributed by atoms with Crippen molar-refractivity contribution in [2.24, 2.45) is 0 Å². The van der Waals surface area contributed by atoms with Crippen LogP contribution in [0.1, 0.15) is 149 Å². The SMILES string of the molecule is CCCCCCCCCCCCCCCCCC(=O)C(O)C(O)(C(=O)CCC)C(O)C(=O)CCC. The van der Waals surface area contributed by atoms with Gasteiger partial charge in [-0.3, -0.25) is 14.4 Å². The number of hydrogen-bond donors (Lipinski definition) is 3. The minimum absolute atomic E-state index is 0.00975. The van der Waals surface area contributed by atoms with Gasteiger partial charge in [-0.15, -0.1) is 0 Å². The number of carbonyl (C=O) groups excluding carboxylic acids is 3. The van der Waals surface area contributed by atoms with E-state index in [-0.39, 0.29) is 19.3 Å². The first-order chi connectivity index (χ1) is 16.8. The maximum Gasteiger partial charge on any atom is 0.189 e. The van der Waals surface area contributed by atoms with Crippen LogP contribution in [-0.2, 0) is 14.4 Å². The monoisotopic (exact) mass is 498 g/mol. The predicted molar refractivity (Wildman–Crippen MR) is 141 cm³/mol. The average molecular weight is 499 g/mol. The Morgan fingerprint density at radius 3 is 1.23 bits per heavy atom. The van der Waals surface area contributed by atoms with Crippen LogP contribution in [0, 0.1) is 0 Å². The van der Waals surface area contributed by atoms with Crippen molar-refractivity contribution in [1.29, 1.82) is 0 Å². The molecule has 0 heterocycles. The van der Waals surface area contributed by atoms with Crippen molar-refractivity contribution < 1.29 is 29.7 Å². The highest BCUT2D eigenvalue weighted by Crippen LogP contribution is 2.25. The van der Waals surface area contributed by atoms with Gasteiger partial charge in [0.2, 0.25) is 0 Å². The van der Waals surface area contributed by atoms with Gasteiger partial charge < -0.3 is 15.3 Å². The van der Waals surface area contributed by atoms with E-state index >= 15 is 0 Å². The summed E-state index contributed by atoms with van der Waals surface area (Å²) >= 11 is 0. The van der Waals surface area contributed by atoms with E-state index in [1.807, 2.05) is 0 Å². The van der Waals surface area contributed by atoms with E-state index in [4.69, 9.17) is 0 Å². The van der Waals surface area contributed by atoms with E-state index in [9.17, 15) is 29.7 Å². The van der Waals surface area contributed by atoms with Gasteiger partial charge in [-0.05, 0) is 19.3 Å². The largest absolute Gasteiger partial charge is 0.382 e. The molecule has 0 aromatic heterocycles. The van der Waals surface area contributed by atoms with Gasteiger partial charge in [0.1, 0.15) is 0 Å². The van der Waals surface area contributed by atoms with Crippen LogP contribution >= 0.6 is 0 Å². The molecule has 3 atom stereocenters. The zero-order valence-corrected chi connectivity index (χ0v) is 22.9. The van der Waals surface area contributed by atoms with Gasteiger partial charge in [0.25, 0.3) is 0 Å². The maximum absolute atomic E-state index is 12.5. The summed E-state index contributed by atoms with van der Waals surface area (Å²) in [6.45, 7) is 5.69. The first-order valence-electron chi connectivity index (χ1n) is 14.4. The van der Waals surface area contributed by atoms with E-state index in [1.54, 1.807) is 13.8 Å². The number of carbonyl (C=O) groups is 3. The molecule has 3 N–H and O–H groups in total. The van der Waals surface area contributed by atoms with Crippen molar-refractivity contribution in [3.05, 3.63) is 0 Å². The van der Waals surface area contributed by atoms with Crippen LogP contribution in [0.25, 0.3) is 0 Å². The standard InChI is InChI=1S/C29H54O6/c1-4-7-8-9-10-11-12-13-14-15-16-17-18-19-20-23-25(31)28(34)29(35,26(32)22-6-3)27(33)24(30)21-5-2/h27-28,33-35H,4-23H2,1-3H3. The van der Waals surface area contributed by atoms with E-state index in [0.717, 1.165) is 19.3 Å². The highest BCUT2D eigenvalue weighted by atomic mass is 16.4. The highest BCUT2D eigenvalue weighted by Gasteiger charge is 2.53. The number of aliphatic hydroxyl groups excluding tert-OH is 2. The van der Waals surface area contributed by atoms with Crippen LogP contribution in [0.3, 0.4) is 0 Å². The number of unbranched alkanes of at least 4 members (excludes halogenated alkanes) is 14. The first kappa shape index (κ1) is 33.9. The smallest absolute Gasteiger partial charge is 0.189 e. The molecule has 6 heteroatoms. The first-order valence-corrected chi connectivity index (χ1v) is 14.4. The lowest BCUT2D eigenvalue weighted by Crippen LogP contribution is -2.63. The molecular formula is C29H54O6. The summed E-state index contributed by atoms with van der Waals surface area (Å²) in [5.41, 5.74) is -2.77.